The molecular weight excluding hydrogens is 270 g/mol. The van der Waals surface area contributed by atoms with Crippen LogP contribution in [0.5, 0.6) is 0 Å². The summed E-state index contributed by atoms with van der Waals surface area (Å²) in [7, 11) is -3.46. The highest BCUT2D eigenvalue weighted by Gasteiger charge is 2.29. The quantitative estimate of drug-likeness (QED) is 0.851. The molecule has 0 aromatic heterocycles. The summed E-state index contributed by atoms with van der Waals surface area (Å²) in [4.78, 5) is 0.358. The zero-order valence-electron chi connectivity index (χ0n) is 11.4. The van der Waals surface area contributed by atoms with Crippen LogP contribution in [0.1, 0.15) is 17.5 Å². The molecule has 104 valence electrons. The van der Waals surface area contributed by atoms with E-state index in [1.165, 1.54) is 0 Å². The molecule has 0 fully saturated rings. The van der Waals surface area contributed by atoms with Gasteiger partial charge in [0.1, 0.15) is 0 Å². The van der Waals surface area contributed by atoms with Crippen molar-refractivity contribution in [2.45, 2.75) is 24.7 Å². The van der Waals surface area contributed by atoms with Crippen LogP contribution in [0.4, 0.5) is 5.69 Å². The molecular formula is C16H17NO2S. The van der Waals surface area contributed by atoms with Gasteiger partial charge >= 0.3 is 0 Å². The fraction of sp³-hybridized carbons (Fsp3) is 0.250. The highest BCUT2D eigenvalue weighted by Crippen LogP contribution is 2.34. The van der Waals surface area contributed by atoms with E-state index in [0.717, 1.165) is 29.7 Å². The predicted molar refractivity (Wildman–Crippen MR) is 80.5 cm³/mol. The number of sulfonamides is 1. The normalized spacial score (nSPS) is 14.9. The van der Waals surface area contributed by atoms with Crippen LogP contribution < -0.4 is 4.31 Å². The van der Waals surface area contributed by atoms with E-state index in [9.17, 15) is 8.42 Å². The first-order chi connectivity index (χ1) is 9.60. The number of hydrogen-bond acceptors (Lipinski definition) is 2. The van der Waals surface area contributed by atoms with Crippen LogP contribution in [0.25, 0.3) is 0 Å². The Morgan fingerprint density at radius 1 is 1.00 bits per heavy atom. The van der Waals surface area contributed by atoms with E-state index in [1.54, 1.807) is 28.6 Å². The molecule has 2 aromatic rings. The van der Waals surface area contributed by atoms with Crippen LogP contribution in [0.3, 0.4) is 0 Å². The van der Waals surface area contributed by atoms with Gasteiger partial charge in [-0.05, 0) is 43.0 Å². The average molecular weight is 287 g/mol. The summed E-state index contributed by atoms with van der Waals surface area (Å²) in [6, 6.07) is 14.6. The molecule has 0 unspecified atom stereocenters. The Balaban J connectivity index is 2.14. The van der Waals surface area contributed by atoms with Crippen molar-refractivity contribution in [1.29, 1.82) is 0 Å². The Kier molecular flexibility index (Phi) is 3.26. The van der Waals surface area contributed by atoms with Gasteiger partial charge in [0.2, 0.25) is 0 Å². The summed E-state index contributed by atoms with van der Waals surface area (Å²) in [6.07, 6.45) is 1.81. The number of benzene rings is 2. The molecule has 0 saturated heterocycles. The number of rotatable bonds is 2. The molecule has 3 nitrogen and oxygen atoms in total. The number of para-hydroxylation sites is 1. The van der Waals surface area contributed by atoms with Crippen molar-refractivity contribution in [2.75, 3.05) is 10.8 Å². The van der Waals surface area contributed by atoms with Crippen molar-refractivity contribution in [3.8, 4) is 0 Å². The van der Waals surface area contributed by atoms with Gasteiger partial charge in [0.25, 0.3) is 10.0 Å². The first-order valence-corrected chi connectivity index (χ1v) is 8.21. The Morgan fingerprint density at radius 3 is 2.50 bits per heavy atom. The van der Waals surface area contributed by atoms with E-state index < -0.39 is 10.0 Å². The lowest BCUT2D eigenvalue weighted by Gasteiger charge is -2.31. The second kappa shape index (κ2) is 4.94. The summed E-state index contributed by atoms with van der Waals surface area (Å²) in [5.74, 6) is 0. The molecule has 1 aliphatic heterocycles. The van der Waals surface area contributed by atoms with Gasteiger partial charge in [-0.25, -0.2) is 8.42 Å². The van der Waals surface area contributed by atoms with E-state index in [2.05, 4.69) is 0 Å². The molecule has 0 atom stereocenters. The minimum atomic E-state index is -3.46. The van der Waals surface area contributed by atoms with Gasteiger partial charge in [0.05, 0.1) is 10.6 Å². The zero-order chi connectivity index (χ0) is 14.2. The smallest absolute Gasteiger partial charge is 0.264 e. The van der Waals surface area contributed by atoms with E-state index in [4.69, 9.17) is 0 Å². The van der Waals surface area contributed by atoms with E-state index in [1.807, 2.05) is 31.2 Å². The Morgan fingerprint density at radius 2 is 1.75 bits per heavy atom. The zero-order valence-corrected chi connectivity index (χ0v) is 12.2. The van der Waals surface area contributed by atoms with Crippen LogP contribution in [-0.2, 0) is 16.4 Å². The predicted octanol–water partition coefficient (Wildman–Crippen LogP) is 3.14. The minimum absolute atomic E-state index is 0.358. The van der Waals surface area contributed by atoms with Gasteiger partial charge < -0.3 is 0 Å². The third kappa shape index (κ3) is 2.10. The van der Waals surface area contributed by atoms with Crippen LogP contribution in [0.2, 0.25) is 0 Å². The van der Waals surface area contributed by atoms with E-state index in [0.29, 0.717) is 11.4 Å². The lowest BCUT2D eigenvalue weighted by Crippen LogP contribution is -2.36. The molecule has 0 radical (unpaired) electrons. The van der Waals surface area contributed by atoms with E-state index >= 15 is 0 Å². The second-order valence-corrected chi connectivity index (χ2v) is 6.94. The molecule has 0 spiro atoms. The number of anilines is 1. The molecule has 3 rings (SSSR count). The largest absolute Gasteiger partial charge is 0.266 e. The molecule has 0 N–H and O–H groups in total. The molecule has 1 aliphatic rings. The molecule has 4 heteroatoms. The second-order valence-electron chi connectivity index (χ2n) is 5.08. The molecule has 0 saturated carbocycles. The van der Waals surface area contributed by atoms with Crippen LogP contribution in [-0.4, -0.2) is 15.0 Å². The molecule has 2 aromatic carbocycles. The van der Waals surface area contributed by atoms with Crippen molar-refractivity contribution in [3.63, 3.8) is 0 Å². The number of fused-ring (bicyclic) bond motifs is 1. The average Bonchev–Trinajstić information content (AvgIpc) is 2.48. The van der Waals surface area contributed by atoms with E-state index in [-0.39, 0.29) is 0 Å². The lowest BCUT2D eigenvalue weighted by molar-refractivity contribution is 0.586. The third-order valence-electron chi connectivity index (χ3n) is 3.71. The van der Waals surface area contributed by atoms with Gasteiger partial charge in [-0.1, -0.05) is 36.4 Å². The van der Waals surface area contributed by atoms with Gasteiger partial charge in [-0.15, -0.1) is 0 Å². The highest BCUT2D eigenvalue weighted by molar-refractivity contribution is 7.92. The third-order valence-corrected chi connectivity index (χ3v) is 5.52. The molecule has 1 heterocycles. The van der Waals surface area contributed by atoms with Crippen molar-refractivity contribution in [3.05, 3.63) is 59.7 Å². The summed E-state index contributed by atoms with van der Waals surface area (Å²) in [6.45, 7) is 2.52. The first-order valence-electron chi connectivity index (χ1n) is 6.77. The Bertz CT molecular complexity index is 723. The van der Waals surface area contributed by atoms with Crippen LogP contribution >= 0.6 is 0 Å². The summed E-state index contributed by atoms with van der Waals surface area (Å²) < 4.78 is 27.2. The number of aryl methyl sites for hydroxylation is 2. The van der Waals surface area contributed by atoms with Gasteiger partial charge in [0, 0.05) is 6.54 Å². The maximum Gasteiger partial charge on any atom is 0.264 e. The Labute approximate surface area is 119 Å². The Hall–Kier alpha value is -1.81. The monoisotopic (exact) mass is 287 g/mol. The summed E-state index contributed by atoms with van der Waals surface area (Å²) in [5.41, 5.74) is 3.00. The van der Waals surface area contributed by atoms with Crippen LogP contribution in [0.15, 0.2) is 53.4 Å². The fourth-order valence-corrected chi connectivity index (χ4v) is 4.39. The molecule has 0 amide bonds. The van der Waals surface area contributed by atoms with Gasteiger partial charge in [-0.3, -0.25) is 4.31 Å². The fourth-order valence-electron chi connectivity index (χ4n) is 2.76. The van der Waals surface area contributed by atoms with Crippen molar-refractivity contribution < 1.29 is 8.42 Å². The van der Waals surface area contributed by atoms with Crippen molar-refractivity contribution in [1.82, 2.24) is 0 Å². The SMILES string of the molecule is Cc1cccc2c1N(S(=O)(=O)c1ccccc1)CCC2. The molecule has 0 aliphatic carbocycles. The number of nitrogens with zero attached hydrogens (tertiary/aromatic N) is 1. The minimum Gasteiger partial charge on any atom is -0.266 e. The lowest BCUT2D eigenvalue weighted by atomic mass is 10.0. The molecule has 0 bridgehead atoms. The summed E-state index contributed by atoms with van der Waals surface area (Å²) >= 11 is 0. The maximum atomic E-state index is 12.8. The topological polar surface area (TPSA) is 37.4 Å². The number of hydrogen-bond donors (Lipinski definition) is 0. The van der Waals surface area contributed by atoms with Gasteiger partial charge in [-0.2, -0.15) is 0 Å². The maximum absolute atomic E-state index is 12.8. The van der Waals surface area contributed by atoms with Crippen molar-refractivity contribution >= 4 is 15.7 Å². The standard InChI is InChI=1S/C16H17NO2S/c1-13-7-5-8-14-9-6-12-17(16(13)14)20(18,19)15-10-3-2-4-11-15/h2-5,7-8,10-11H,6,9,12H2,1H3. The molecule has 20 heavy (non-hydrogen) atoms. The first kappa shape index (κ1) is 13.2. The van der Waals surface area contributed by atoms with Crippen molar-refractivity contribution in [2.24, 2.45) is 0 Å². The summed E-state index contributed by atoms with van der Waals surface area (Å²) in [5, 5.41) is 0. The van der Waals surface area contributed by atoms with Crippen LogP contribution in [0, 0.1) is 6.92 Å². The van der Waals surface area contributed by atoms with Gasteiger partial charge in [0.15, 0.2) is 0 Å². The highest BCUT2D eigenvalue weighted by atomic mass is 32.2.